The molecular weight excluding hydrogens is 591 g/mol. The van der Waals surface area contributed by atoms with E-state index in [9.17, 15) is 10.1 Å². The van der Waals surface area contributed by atoms with E-state index in [2.05, 4.69) is 104 Å². The molecular formula is C39H49N3O3S. The van der Waals surface area contributed by atoms with Crippen molar-refractivity contribution in [3.63, 3.8) is 0 Å². The maximum absolute atomic E-state index is 14.0. The minimum Gasteiger partial charge on any atom is -0.444 e. The molecule has 0 bridgehead atoms. The van der Waals surface area contributed by atoms with Gasteiger partial charge in [-0.2, -0.15) is 5.26 Å². The molecule has 1 saturated heterocycles. The fraction of sp³-hybridized carbons (Fsp3) is 0.436. The Morgan fingerprint density at radius 2 is 1.48 bits per heavy atom. The first-order chi connectivity index (χ1) is 22.0. The lowest BCUT2D eigenvalue weighted by Gasteiger charge is -2.46. The highest BCUT2D eigenvalue weighted by atomic mass is 32.2. The molecule has 0 radical (unpaired) electrons. The SMILES string of the molecule is C/C=C\[C@@H]1C[C@@H](C#N)N(C(=O)OC(C)(C)C)[C@H]1[C@@H](NSC(c1ccccc1)(c1ccccc1)c1ccccc1)[C@](C)(CCC)OC. The number of carbonyl (C=O) groups excluding carboxylic acids is 1. The van der Waals surface area contributed by atoms with Crippen molar-refractivity contribution >= 4 is 18.0 Å². The van der Waals surface area contributed by atoms with Crippen LogP contribution in [-0.4, -0.2) is 47.4 Å². The van der Waals surface area contributed by atoms with Gasteiger partial charge in [0, 0.05) is 13.0 Å². The van der Waals surface area contributed by atoms with Gasteiger partial charge in [-0.15, -0.1) is 0 Å². The standard InChI is InChI=1S/C39H49N3O3S/c1-8-19-29-27-33(28-40)42(36(43)45-37(3,4)5)34(29)35(38(6,44-7)26-9-2)41-46-39(30-20-13-10-14-21-30,31-22-15-11-16-23-31)32-24-17-12-18-25-32/h8,10-25,29,33-35,41H,9,26-27H2,1-7H3/b19-8-/t29-,33+,34-,35-,38+/m1/s1. The first-order valence-corrected chi connectivity index (χ1v) is 17.0. The number of nitrogens with zero attached hydrogens (tertiary/aromatic N) is 2. The minimum absolute atomic E-state index is 0.0915. The van der Waals surface area contributed by atoms with Crippen LogP contribution < -0.4 is 4.72 Å². The summed E-state index contributed by atoms with van der Waals surface area (Å²) in [7, 11) is 1.74. The molecule has 0 aromatic heterocycles. The van der Waals surface area contributed by atoms with Crippen LogP contribution in [0.1, 0.15) is 77.5 Å². The maximum Gasteiger partial charge on any atom is 0.411 e. The van der Waals surface area contributed by atoms with Gasteiger partial charge in [0.25, 0.3) is 0 Å². The molecule has 0 saturated carbocycles. The predicted molar refractivity (Wildman–Crippen MR) is 188 cm³/mol. The molecule has 1 heterocycles. The number of benzene rings is 3. The van der Waals surface area contributed by atoms with Crippen LogP contribution in [-0.2, 0) is 14.2 Å². The largest absolute Gasteiger partial charge is 0.444 e. The summed E-state index contributed by atoms with van der Waals surface area (Å²) in [5.41, 5.74) is 1.96. The number of likely N-dealkylation sites (tertiary alicyclic amines) is 1. The van der Waals surface area contributed by atoms with Gasteiger partial charge in [-0.05, 0) is 64.2 Å². The van der Waals surface area contributed by atoms with E-state index in [0.717, 1.165) is 29.5 Å². The minimum atomic E-state index is -0.713. The first kappa shape index (κ1) is 35.3. The van der Waals surface area contributed by atoms with Crippen molar-refractivity contribution in [1.82, 2.24) is 9.62 Å². The van der Waals surface area contributed by atoms with E-state index in [1.807, 2.05) is 52.0 Å². The molecule has 0 aliphatic carbocycles. The molecule has 3 aromatic rings. The summed E-state index contributed by atoms with van der Waals surface area (Å²) in [6, 6.07) is 32.6. The van der Waals surface area contributed by atoms with Crippen molar-refractivity contribution in [2.24, 2.45) is 5.92 Å². The van der Waals surface area contributed by atoms with Crippen LogP contribution in [0.4, 0.5) is 4.79 Å². The van der Waals surface area contributed by atoms with Crippen molar-refractivity contribution in [3.8, 4) is 6.07 Å². The Balaban J connectivity index is 1.94. The summed E-state index contributed by atoms with van der Waals surface area (Å²) >= 11 is 1.63. The van der Waals surface area contributed by atoms with Crippen LogP contribution in [0.3, 0.4) is 0 Å². The van der Waals surface area contributed by atoms with E-state index in [0.29, 0.717) is 6.42 Å². The van der Waals surface area contributed by atoms with Gasteiger partial charge in [0.2, 0.25) is 0 Å². The Bertz CT molecular complexity index is 1370. The first-order valence-electron chi connectivity index (χ1n) is 16.2. The Kier molecular flexibility index (Phi) is 11.8. The molecule has 1 amide bonds. The summed E-state index contributed by atoms with van der Waals surface area (Å²) in [6.45, 7) is 11.8. The third-order valence-corrected chi connectivity index (χ3v) is 10.3. The van der Waals surface area contributed by atoms with E-state index in [-0.39, 0.29) is 12.0 Å². The van der Waals surface area contributed by atoms with Gasteiger partial charge >= 0.3 is 6.09 Å². The normalized spacial score (nSPS) is 20.7. The third kappa shape index (κ3) is 7.52. The topological polar surface area (TPSA) is 74.6 Å². The molecule has 0 unspecified atom stereocenters. The third-order valence-electron chi connectivity index (χ3n) is 8.88. The van der Waals surface area contributed by atoms with Gasteiger partial charge in [-0.3, -0.25) is 9.62 Å². The van der Waals surface area contributed by atoms with Crippen molar-refractivity contribution in [2.75, 3.05) is 7.11 Å². The summed E-state index contributed by atoms with van der Waals surface area (Å²) in [5.74, 6) is -0.0915. The van der Waals surface area contributed by atoms with Crippen LogP contribution in [0.15, 0.2) is 103 Å². The average Bonchev–Trinajstić information content (AvgIpc) is 3.42. The fourth-order valence-electron chi connectivity index (χ4n) is 6.73. The molecule has 7 heteroatoms. The van der Waals surface area contributed by atoms with Crippen molar-refractivity contribution in [2.45, 2.75) is 94.9 Å². The van der Waals surface area contributed by atoms with Gasteiger partial charge in [0.1, 0.15) is 16.4 Å². The lowest BCUT2D eigenvalue weighted by molar-refractivity contribution is -0.0537. The second-order valence-electron chi connectivity index (χ2n) is 13.2. The molecule has 244 valence electrons. The number of allylic oxidation sites excluding steroid dienone is 1. The Labute approximate surface area is 280 Å². The molecule has 3 aromatic carbocycles. The molecule has 0 spiro atoms. The van der Waals surface area contributed by atoms with Crippen molar-refractivity contribution < 1.29 is 14.3 Å². The van der Waals surface area contributed by atoms with Gasteiger partial charge in [0.15, 0.2) is 0 Å². The summed E-state index contributed by atoms with van der Waals surface area (Å²) in [5, 5.41) is 10.4. The Hall–Kier alpha value is -3.57. The molecule has 1 aliphatic rings. The smallest absolute Gasteiger partial charge is 0.411 e. The Morgan fingerprint density at radius 1 is 0.978 bits per heavy atom. The zero-order valence-electron chi connectivity index (χ0n) is 28.3. The second-order valence-corrected chi connectivity index (χ2v) is 14.2. The zero-order valence-corrected chi connectivity index (χ0v) is 29.1. The van der Waals surface area contributed by atoms with Gasteiger partial charge < -0.3 is 9.47 Å². The van der Waals surface area contributed by atoms with Crippen molar-refractivity contribution in [3.05, 3.63) is 120 Å². The fourth-order valence-corrected chi connectivity index (χ4v) is 8.19. The number of methoxy groups -OCH3 is 1. The van der Waals surface area contributed by atoms with Crippen LogP contribution >= 0.6 is 11.9 Å². The quantitative estimate of drug-likeness (QED) is 0.121. The summed E-state index contributed by atoms with van der Waals surface area (Å²) in [6.07, 6.45) is 5.79. The number of hydrogen-bond donors (Lipinski definition) is 1. The van der Waals surface area contributed by atoms with Crippen molar-refractivity contribution in [1.29, 1.82) is 5.26 Å². The summed E-state index contributed by atoms with van der Waals surface area (Å²) < 4.78 is 15.7. The zero-order chi connectivity index (χ0) is 33.4. The van der Waals surface area contributed by atoms with E-state index in [4.69, 9.17) is 9.47 Å². The number of ether oxygens (including phenoxy) is 2. The molecule has 1 fully saturated rings. The highest BCUT2D eigenvalue weighted by Crippen LogP contribution is 2.49. The number of nitriles is 1. The van der Waals surface area contributed by atoms with Crippen LogP contribution in [0, 0.1) is 17.2 Å². The highest BCUT2D eigenvalue weighted by molar-refractivity contribution is 7.98. The number of nitrogens with one attached hydrogen (secondary N) is 1. The van der Waals surface area contributed by atoms with Crippen LogP contribution in [0.5, 0.6) is 0 Å². The lowest BCUT2D eigenvalue weighted by atomic mass is 9.81. The Morgan fingerprint density at radius 3 is 1.87 bits per heavy atom. The summed E-state index contributed by atoms with van der Waals surface area (Å²) in [4.78, 5) is 15.7. The van der Waals surface area contributed by atoms with Crippen LogP contribution in [0.25, 0.3) is 0 Å². The van der Waals surface area contributed by atoms with E-state index < -0.39 is 34.1 Å². The highest BCUT2D eigenvalue weighted by Gasteiger charge is 2.54. The predicted octanol–water partition coefficient (Wildman–Crippen LogP) is 8.88. The monoisotopic (exact) mass is 639 g/mol. The number of amides is 1. The average molecular weight is 640 g/mol. The molecule has 4 rings (SSSR count). The number of carbonyl (C=O) groups is 1. The van der Waals surface area contributed by atoms with Crippen LogP contribution in [0.2, 0.25) is 0 Å². The maximum atomic E-state index is 14.0. The second kappa shape index (κ2) is 15.3. The van der Waals surface area contributed by atoms with Gasteiger partial charge in [-0.25, -0.2) is 4.79 Å². The molecule has 1 N–H and O–H groups in total. The van der Waals surface area contributed by atoms with Gasteiger partial charge in [-0.1, -0.05) is 128 Å². The van der Waals surface area contributed by atoms with E-state index in [1.54, 1.807) is 24.0 Å². The number of rotatable bonds is 12. The van der Waals surface area contributed by atoms with E-state index in [1.165, 1.54) is 0 Å². The lowest BCUT2D eigenvalue weighted by Crippen LogP contribution is -2.62. The molecule has 1 aliphatic heterocycles. The van der Waals surface area contributed by atoms with Gasteiger partial charge in [0.05, 0.1) is 23.8 Å². The molecule has 5 atom stereocenters. The molecule has 6 nitrogen and oxygen atoms in total. The molecule has 46 heavy (non-hydrogen) atoms. The van der Waals surface area contributed by atoms with E-state index >= 15 is 0 Å². The number of hydrogen-bond acceptors (Lipinski definition) is 6.